The zero-order valence-corrected chi connectivity index (χ0v) is 9.93. The third-order valence-corrected chi connectivity index (χ3v) is 3.36. The third kappa shape index (κ3) is 1.83. The molecule has 3 rings (SSSR count). The number of esters is 1. The first-order valence-electron chi connectivity index (χ1n) is 5.99. The average molecular weight is 246 g/mol. The van der Waals surface area contributed by atoms with Crippen molar-refractivity contribution in [2.24, 2.45) is 5.92 Å². The highest BCUT2D eigenvalue weighted by Gasteiger charge is 2.31. The highest BCUT2D eigenvalue weighted by Crippen LogP contribution is 2.40. The Morgan fingerprint density at radius 3 is 2.94 bits per heavy atom. The fourth-order valence-electron chi connectivity index (χ4n) is 2.37. The lowest BCUT2D eigenvalue weighted by molar-refractivity contribution is -0.157. The van der Waals surface area contributed by atoms with E-state index in [0.29, 0.717) is 12.2 Å². The van der Waals surface area contributed by atoms with Crippen LogP contribution in [0.4, 0.5) is 0 Å². The lowest BCUT2D eigenvalue weighted by Gasteiger charge is -2.29. The van der Waals surface area contributed by atoms with Gasteiger partial charge in [0.25, 0.3) is 0 Å². The molecule has 0 spiro atoms. The van der Waals surface area contributed by atoms with E-state index in [9.17, 15) is 4.79 Å². The van der Waals surface area contributed by atoms with Gasteiger partial charge >= 0.3 is 5.97 Å². The Balaban J connectivity index is 1.92. The van der Waals surface area contributed by atoms with Crippen LogP contribution in [-0.4, -0.2) is 12.8 Å². The lowest BCUT2D eigenvalue weighted by atomic mass is 9.89. The van der Waals surface area contributed by atoms with Gasteiger partial charge in [-0.15, -0.1) is 6.58 Å². The molecule has 0 bridgehead atoms. The summed E-state index contributed by atoms with van der Waals surface area (Å²) in [4.78, 5) is 11.4. The molecule has 0 amide bonds. The highest BCUT2D eigenvalue weighted by molar-refractivity contribution is 5.70. The smallest absolute Gasteiger partial charge is 0.306 e. The van der Waals surface area contributed by atoms with E-state index >= 15 is 0 Å². The fourth-order valence-corrected chi connectivity index (χ4v) is 2.37. The number of carbonyl (C=O) groups is 1. The van der Waals surface area contributed by atoms with E-state index in [1.165, 1.54) is 0 Å². The van der Waals surface area contributed by atoms with Crippen LogP contribution in [0.3, 0.4) is 0 Å². The van der Waals surface area contributed by atoms with Crippen LogP contribution in [-0.2, 0) is 9.53 Å². The van der Waals surface area contributed by atoms with Crippen molar-refractivity contribution in [1.29, 1.82) is 0 Å². The second-order valence-electron chi connectivity index (χ2n) is 4.46. The Kier molecular flexibility index (Phi) is 2.70. The predicted octanol–water partition coefficient (Wildman–Crippen LogP) is 2.60. The number of hydrogen-bond acceptors (Lipinski definition) is 4. The van der Waals surface area contributed by atoms with Crippen LogP contribution in [0, 0.1) is 5.92 Å². The minimum absolute atomic E-state index is 0.156. The average Bonchev–Trinajstić information content (AvgIpc) is 2.85. The van der Waals surface area contributed by atoms with Crippen LogP contribution in [0.2, 0.25) is 0 Å². The zero-order valence-electron chi connectivity index (χ0n) is 9.93. The first-order chi connectivity index (χ1) is 8.78. The molecule has 4 nitrogen and oxygen atoms in total. The molecule has 0 N–H and O–H groups in total. The van der Waals surface area contributed by atoms with Crippen LogP contribution in [0.1, 0.15) is 24.5 Å². The summed E-state index contributed by atoms with van der Waals surface area (Å²) in [7, 11) is 0. The molecule has 0 aliphatic carbocycles. The molecular formula is C14H14O4. The van der Waals surface area contributed by atoms with Gasteiger partial charge < -0.3 is 14.2 Å². The summed E-state index contributed by atoms with van der Waals surface area (Å²) >= 11 is 0. The standard InChI is InChI=1S/C14H14O4/c1-2-9-4-6-13(15)18-14(9)10-3-5-11-12(7-10)17-8-16-11/h2-3,5,7,9,14H,1,4,6,8H2/t9-,14+/m1/s1. The third-order valence-electron chi connectivity index (χ3n) is 3.36. The number of carbonyl (C=O) groups excluding carboxylic acids is 1. The normalized spacial score (nSPS) is 25.7. The van der Waals surface area contributed by atoms with Gasteiger partial charge in [0.05, 0.1) is 0 Å². The molecule has 2 atom stereocenters. The van der Waals surface area contributed by atoms with Crippen LogP contribution < -0.4 is 9.47 Å². The molecule has 0 saturated carbocycles. The SMILES string of the molecule is C=C[C@@H]1CCC(=O)O[C@@H]1c1ccc2c(c1)OCO2. The number of ether oxygens (including phenoxy) is 3. The van der Waals surface area contributed by atoms with E-state index < -0.39 is 0 Å². The summed E-state index contributed by atoms with van der Waals surface area (Å²) < 4.78 is 16.0. The first-order valence-corrected chi connectivity index (χ1v) is 5.99. The van der Waals surface area contributed by atoms with Crippen molar-refractivity contribution in [2.75, 3.05) is 6.79 Å². The maximum absolute atomic E-state index is 11.4. The van der Waals surface area contributed by atoms with Crippen molar-refractivity contribution < 1.29 is 19.0 Å². The minimum atomic E-state index is -0.266. The zero-order chi connectivity index (χ0) is 12.5. The van der Waals surface area contributed by atoms with Crippen molar-refractivity contribution in [2.45, 2.75) is 18.9 Å². The van der Waals surface area contributed by atoms with Crippen molar-refractivity contribution in [3.8, 4) is 11.5 Å². The van der Waals surface area contributed by atoms with Crippen molar-refractivity contribution in [1.82, 2.24) is 0 Å². The summed E-state index contributed by atoms with van der Waals surface area (Å²) in [5, 5.41) is 0. The van der Waals surface area contributed by atoms with Gasteiger partial charge in [0.2, 0.25) is 6.79 Å². The maximum atomic E-state index is 11.4. The molecule has 1 aromatic rings. The maximum Gasteiger partial charge on any atom is 0.306 e. The molecule has 0 aromatic heterocycles. The largest absolute Gasteiger partial charge is 0.457 e. The summed E-state index contributed by atoms with van der Waals surface area (Å²) in [5.41, 5.74) is 0.928. The van der Waals surface area contributed by atoms with Gasteiger partial charge in [0, 0.05) is 12.3 Å². The van der Waals surface area contributed by atoms with Gasteiger partial charge in [0.15, 0.2) is 11.5 Å². The summed E-state index contributed by atoms with van der Waals surface area (Å²) in [6.45, 7) is 4.05. The molecule has 18 heavy (non-hydrogen) atoms. The Bertz CT molecular complexity index is 495. The molecule has 0 radical (unpaired) electrons. The number of rotatable bonds is 2. The first kappa shape index (κ1) is 11.1. The van der Waals surface area contributed by atoms with Crippen molar-refractivity contribution in [3.05, 3.63) is 36.4 Å². The summed E-state index contributed by atoms with van der Waals surface area (Å²) in [6.07, 6.45) is 2.82. The summed E-state index contributed by atoms with van der Waals surface area (Å²) in [5.74, 6) is 1.44. The number of fused-ring (bicyclic) bond motifs is 1. The van der Waals surface area contributed by atoms with Gasteiger partial charge in [-0.3, -0.25) is 4.79 Å². The minimum Gasteiger partial charge on any atom is -0.457 e. The molecule has 1 aromatic carbocycles. The van der Waals surface area contributed by atoms with Gasteiger partial charge in [-0.1, -0.05) is 12.1 Å². The molecular weight excluding hydrogens is 232 g/mol. The number of benzene rings is 1. The molecule has 1 saturated heterocycles. The predicted molar refractivity (Wildman–Crippen MR) is 64.3 cm³/mol. The topological polar surface area (TPSA) is 44.8 Å². The van der Waals surface area contributed by atoms with Gasteiger partial charge in [-0.2, -0.15) is 0 Å². The highest BCUT2D eigenvalue weighted by atomic mass is 16.7. The van der Waals surface area contributed by atoms with E-state index in [4.69, 9.17) is 14.2 Å². The Morgan fingerprint density at radius 2 is 2.11 bits per heavy atom. The van der Waals surface area contributed by atoms with E-state index in [0.717, 1.165) is 17.7 Å². The summed E-state index contributed by atoms with van der Waals surface area (Å²) in [6, 6.07) is 5.63. The molecule has 1 fully saturated rings. The van der Waals surface area contributed by atoms with E-state index in [1.54, 1.807) is 0 Å². The lowest BCUT2D eigenvalue weighted by Crippen LogP contribution is -2.24. The Morgan fingerprint density at radius 1 is 1.28 bits per heavy atom. The number of hydrogen-bond donors (Lipinski definition) is 0. The number of cyclic esters (lactones) is 1. The van der Waals surface area contributed by atoms with Crippen LogP contribution in [0.15, 0.2) is 30.9 Å². The van der Waals surface area contributed by atoms with Gasteiger partial charge in [-0.25, -0.2) is 0 Å². The monoisotopic (exact) mass is 246 g/mol. The second kappa shape index (κ2) is 4.37. The van der Waals surface area contributed by atoms with Crippen molar-refractivity contribution in [3.63, 3.8) is 0 Å². The van der Waals surface area contributed by atoms with Crippen molar-refractivity contribution >= 4 is 5.97 Å². The van der Waals surface area contributed by atoms with Crippen LogP contribution in [0.5, 0.6) is 11.5 Å². The van der Waals surface area contributed by atoms with Gasteiger partial charge in [-0.05, 0) is 24.1 Å². The Hall–Kier alpha value is -1.97. The molecule has 94 valence electrons. The van der Waals surface area contributed by atoms with E-state index in [1.807, 2.05) is 24.3 Å². The van der Waals surface area contributed by atoms with Crippen LogP contribution in [0.25, 0.3) is 0 Å². The van der Waals surface area contributed by atoms with Crippen LogP contribution >= 0.6 is 0 Å². The quantitative estimate of drug-likeness (QED) is 0.594. The van der Waals surface area contributed by atoms with E-state index in [-0.39, 0.29) is 24.8 Å². The Labute approximate surface area is 105 Å². The molecule has 2 aliphatic rings. The molecule has 4 heteroatoms. The molecule has 0 unspecified atom stereocenters. The molecule has 2 aliphatic heterocycles. The second-order valence-corrected chi connectivity index (χ2v) is 4.46. The fraction of sp³-hybridized carbons (Fsp3) is 0.357. The molecule has 2 heterocycles. The van der Waals surface area contributed by atoms with E-state index in [2.05, 4.69) is 6.58 Å². The van der Waals surface area contributed by atoms with Gasteiger partial charge in [0.1, 0.15) is 6.10 Å².